The molecule has 4 rings (SSSR count). The zero-order valence-electron chi connectivity index (χ0n) is 16.6. The van der Waals surface area contributed by atoms with E-state index >= 15 is 0 Å². The van der Waals surface area contributed by atoms with Crippen LogP contribution in [0.5, 0.6) is 0 Å². The van der Waals surface area contributed by atoms with Crippen molar-refractivity contribution in [2.75, 3.05) is 4.90 Å². The van der Waals surface area contributed by atoms with Gasteiger partial charge in [-0.3, -0.25) is 9.59 Å². The van der Waals surface area contributed by atoms with Crippen LogP contribution in [0, 0.1) is 5.92 Å². The molecular weight excluding hydrogens is 346 g/mol. The Bertz CT molecular complexity index is 911. The molecule has 0 radical (unpaired) electrons. The second-order valence-electron chi connectivity index (χ2n) is 8.14. The van der Waals surface area contributed by atoms with Crippen LogP contribution in [0.15, 0.2) is 66.2 Å². The van der Waals surface area contributed by atoms with E-state index in [-0.39, 0.29) is 29.6 Å². The van der Waals surface area contributed by atoms with Crippen molar-refractivity contribution in [2.45, 2.75) is 51.5 Å². The van der Waals surface area contributed by atoms with Gasteiger partial charge in [0.15, 0.2) is 5.78 Å². The molecule has 2 aliphatic rings. The van der Waals surface area contributed by atoms with E-state index in [4.69, 9.17) is 0 Å². The number of benzene rings is 2. The second-order valence-corrected chi connectivity index (χ2v) is 8.14. The third-order valence-electron chi connectivity index (χ3n) is 5.93. The Morgan fingerprint density at radius 2 is 1.71 bits per heavy atom. The Morgan fingerprint density at radius 1 is 1.04 bits per heavy atom. The van der Waals surface area contributed by atoms with E-state index in [1.165, 1.54) is 11.1 Å². The molecule has 0 unspecified atom stereocenters. The summed E-state index contributed by atoms with van der Waals surface area (Å²) in [6.07, 6.45) is 5.56. The zero-order chi connectivity index (χ0) is 19.7. The number of carbonyl (C=O) groups excluding carboxylic acids is 2. The third kappa shape index (κ3) is 3.80. The number of hydrogen-bond donors (Lipinski definition) is 0. The minimum absolute atomic E-state index is 0.0704. The van der Waals surface area contributed by atoms with E-state index in [0.29, 0.717) is 0 Å². The zero-order valence-corrected chi connectivity index (χ0v) is 16.6. The Morgan fingerprint density at radius 3 is 2.39 bits per heavy atom. The van der Waals surface area contributed by atoms with Crippen LogP contribution in [0.25, 0.3) is 0 Å². The van der Waals surface area contributed by atoms with Gasteiger partial charge >= 0.3 is 0 Å². The monoisotopic (exact) mass is 373 g/mol. The smallest absolute Gasteiger partial charge is 0.224 e. The van der Waals surface area contributed by atoms with Crippen LogP contribution in [0.3, 0.4) is 0 Å². The number of nitrogens with zero attached hydrogens (tertiary/aromatic N) is 1. The topological polar surface area (TPSA) is 37.4 Å². The van der Waals surface area contributed by atoms with E-state index in [1.807, 2.05) is 47.4 Å². The van der Waals surface area contributed by atoms with Gasteiger partial charge < -0.3 is 4.90 Å². The lowest BCUT2D eigenvalue weighted by atomic mass is 9.78. The molecule has 3 heteroatoms. The normalized spacial score (nSPS) is 21.9. The molecule has 1 aliphatic heterocycles. The molecule has 1 fully saturated rings. The molecule has 1 amide bonds. The Kier molecular flexibility index (Phi) is 5.17. The first-order valence-corrected chi connectivity index (χ1v) is 10.2. The van der Waals surface area contributed by atoms with Crippen molar-refractivity contribution in [3.63, 3.8) is 0 Å². The highest BCUT2D eigenvalue weighted by molar-refractivity contribution is 5.95. The molecule has 0 saturated heterocycles. The highest BCUT2D eigenvalue weighted by atomic mass is 16.2. The summed E-state index contributed by atoms with van der Waals surface area (Å²) in [6, 6.07) is 18.6. The first kappa shape index (κ1) is 18.7. The molecular formula is C25H27NO2. The van der Waals surface area contributed by atoms with Crippen LogP contribution in [0.4, 0.5) is 5.69 Å². The van der Waals surface area contributed by atoms with E-state index in [2.05, 4.69) is 25.1 Å². The number of fused-ring (bicyclic) bond motifs is 1. The fraction of sp³-hybridized carbons (Fsp3) is 0.360. The number of amides is 1. The molecule has 2 aromatic carbocycles. The Labute approximate surface area is 167 Å². The quantitative estimate of drug-likeness (QED) is 0.687. The van der Waals surface area contributed by atoms with Crippen molar-refractivity contribution in [1.82, 2.24) is 0 Å². The minimum atomic E-state index is 0.0704. The fourth-order valence-corrected chi connectivity index (χ4v) is 4.42. The number of rotatable bonds is 5. The molecule has 1 heterocycles. The van der Waals surface area contributed by atoms with Crippen LogP contribution in [0.2, 0.25) is 0 Å². The highest BCUT2D eigenvalue weighted by Gasteiger charge is 2.35. The molecule has 0 spiro atoms. The van der Waals surface area contributed by atoms with Crippen LogP contribution in [-0.4, -0.2) is 17.7 Å². The summed E-state index contributed by atoms with van der Waals surface area (Å²) in [4.78, 5) is 26.8. The summed E-state index contributed by atoms with van der Waals surface area (Å²) in [5, 5.41) is 0. The largest absolute Gasteiger partial charge is 0.310 e. The molecule has 28 heavy (non-hydrogen) atoms. The van der Waals surface area contributed by atoms with Crippen molar-refractivity contribution in [2.24, 2.45) is 5.92 Å². The summed E-state index contributed by atoms with van der Waals surface area (Å²) >= 11 is 0. The number of hydrogen-bond acceptors (Lipinski definition) is 2. The summed E-state index contributed by atoms with van der Waals surface area (Å²) < 4.78 is 0. The Balaban J connectivity index is 1.75. The van der Waals surface area contributed by atoms with Gasteiger partial charge in [0, 0.05) is 30.5 Å². The standard InChI is InChI=1S/C25H27NO2/c1-17-14-23(22-10-6-7-11-24(22)26(17)18(2)27)21(16-25(28)20-12-13-20)15-19-8-4-3-5-9-19/h3-11,16-17,20,23H,12-15H2,1-2H3/b21-16-/t17-,23-/m1/s1. The maximum Gasteiger partial charge on any atom is 0.224 e. The van der Waals surface area contributed by atoms with E-state index in [1.54, 1.807) is 6.92 Å². The molecule has 2 aromatic rings. The van der Waals surface area contributed by atoms with Crippen LogP contribution >= 0.6 is 0 Å². The van der Waals surface area contributed by atoms with Gasteiger partial charge in [-0.2, -0.15) is 0 Å². The van der Waals surface area contributed by atoms with Gasteiger partial charge in [0.1, 0.15) is 0 Å². The summed E-state index contributed by atoms with van der Waals surface area (Å²) in [6.45, 7) is 3.73. The number of anilines is 1. The van der Waals surface area contributed by atoms with E-state index in [9.17, 15) is 9.59 Å². The predicted octanol–water partition coefficient (Wildman–Crippen LogP) is 5.06. The van der Waals surface area contributed by atoms with Gasteiger partial charge in [0.2, 0.25) is 5.91 Å². The highest BCUT2D eigenvalue weighted by Crippen LogP contribution is 2.43. The molecule has 0 N–H and O–H groups in total. The molecule has 1 aliphatic carbocycles. The number of ketones is 1. The molecule has 0 aromatic heterocycles. The first-order valence-electron chi connectivity index (χ1n) is 10.2. The van der Waals surface area contributed by atoms with Gasteiger partial charge in [-0.1, -0.05) is 54.1 Å². The maximum atomic E-state index is 12.7. The summed E-state index contributed by atoms with van der Waals surface area (Å²) in [7, 11) is 0. The van der Waals surface area contributed by atoms with Gasteiger partial charge in [0.25, 0.3) is 0 Å². The lowest BCUT2D eigenvalue weighted by Crippen LogP contribution is -2.42. The summed E-state index contributed by atoms with van der Waals surface area (Å²) in [5.74, 6) is 0.714. The fourth-order valence-electron chi connectivity index (χ4n) is 4.42. The molecule has 1 saturated carbocycles. The van der Waals surface area contributed by atoms with Gasteiger partial charge in [0.05, 0.1) is 0 Å². The average molecular weight is 373 g/mol. The van der Waals surface area contributed by atoms with E-state index < -0.39 is 0 Å². The van der Waals surface area contributed by atoms with E-state index in [0.717, 1.165) is 36.9 Å². The van der Waals surface area contributed by atoms with Crippen LogP contribution < -0.4 is 4.90 Å². The van der Waals surface area contributed by atoms with Crippen molar-refractivity contribution in [3.05, 3.63) is 77.4 Å². The Hall–Kier alpha value is -2.68. The molecule has 2 atom stereocenters. The second kappa shape index (κ2) is 7.75. The number of allylic oxidation sites excluding steroid dienone is 2. The molecule has 144 valence electrons. The number of para-hydroxylation sites is 1. The van der Waals surface area contributed by atoms with Crippen molar-refractivity contribution < 1.29 is 9.59 Å². The third-order valence-corrected chi connectivity index (χ3v) is 5.93. The minimum Gasteiger partial charge on any atom is -0.310 e. The van der Waals surface area contributed by atoms with Crippen LogP contribution in [-0.2, 0) is 16.0 Å². The van der Waals surface area contributed by atoms with Crippen molar-refractivity contribution in [3.8, 4) is 0 Å². The molecule has 0 bridgehead atoms. The predicted molar refractivity (Wildman–Crippen MR) is 112 cm³/mol. The number of carbonyl (C=O) groups is 2. The lowest BCUT2D eigenvalue weighted by molar-refractivity contribution is -0.117. The molecule has 3 nitrogen and oxygen atoms in total. The van der Waals surface area contributed by atoms with Gasteiger partial charge in [-0.15, -0.1) is 0 Å². The van der Waals surface area contributed by atoms with Crippen molar-refractivity contribution in [1.29, 1.82) is 0 Å². The van der Waals surface area contributed by atoms with Crippen molar-refractivity contribution >= 4 is 17.4 Å². The lowest BCUT2D eigenvalue weighted by Gasteiger charge is -2.40. The van der Waals surface area contributed by atoms with Gasteiger partial charge in [-0.05, 0) is 55.9 Å². The van der Waals surface area contributed by atoms with Crippen LogP contribution in [0.1, 0.15) is 50.2 Å². The van der Waals surface area contributed by atoms with Gasteiger partial charge in [-0.25, -0.2) is 0 Å². The summed E-state index contributed by atoms with van der Waals surface area (Å²) in [5.41, 5.74) is 4.53. The SMILES string of the molecule is CC(=O)N1c2ccccc2[C@@H](/C(=C\C(=O)C2CC2)Cc2ccccc2)C[C@H]1C. The average Bonchev–Trinajstić information content (AvgIpc) is 3.52. The maximum absolute atomic E-state index is 12.7. The first-order chi connectivity index (χ1) is 13.5.